The number of hydrogen-bond donors (Lipinski definition) is 1. The Hall–Kier alpha value is -3.52. The van der Waals surface area contributed by atoms with Crippen molar-refractivity contribution in [3.8, 4) is 0 Å². The molecular weight excluding hydrogens is 428 g/mol. The summed E-state index contributed by atoms with van der Waals surface area (Å²) in [5.74, 6) is -1.67. The van der Waals surface area contributed by atoms with Crippen LogP contribution < -0.4 is 5.32 Å². The summed E-state index contributed by atoms with van der Waals surface area (Å²) in [4.78, 5) is 42.0. The molecule has 166 valence electrons. The average molecular weight is 453 g/mol. The molecule has 1 N–H and O–H groups in total. The predicted octanol–water partition coefficient (Wildman–Crippen LogP) is 4.54. The summed E-state index contributed by atoms with van der Waals surface area (Å²) >= 11 is 1.30. The van der Waals surface area contributed by atoms with E-state index in [-0.39, 0.29) is 6.61 Å². The standard InChI is InChI=1S/C24H24N2O5S/c1-4-18-15(3)32-23(21(18)24(29)30-5-2)26-19(27)14-31-20(28)12-11-17-9-6-8-16-10-7-13-25-22(16)17/h6-13H,4-5,14H2,1-3H3,(H,26,27)/b12-11+. The fourth-order valence-corrected chi connectivity index (χ4v) is 4.43. The second-order valence-electron chi connectivity index (χ2n) is 6.83. The number of hydrogen-bond acceptors (Lipinski definition) is 7. The van der Waals surface area contributed by atoms with Gasteiger partial charge in [-0.3, -0.25) is 9.78 Å². The lowest BCUT2D eigenvalue weighted by Gasteiger charge is -2.08. The zero-order valence-corrected chi connectivity index (χ0v) is 19.0. The summed E-state index contributed by atoms with van der Waals surface area (Å²) in [5.41, 5.74) is 2.74. The van der Waals surface area contributed by atoms with Crippen molar-refractivity contribution in [1.29, 1.82) is 0 Å². The molecule has 2 aromatic heterocycles. The number of aryl methyl sites for hydroxylation is 1. The number of carbonyl (C=O) groups is 3. The molecule has 0 aliphatic rings. The molecule has 0 spiro atoms. The quantitative estimate of drug-likeness (QED) is 0.398. The lowest BCUT2D eigenvalue weighted by atomic mass is 10.1. The van der Waals surface area contributed by atoms with Gasteiger partial charge in [-0.2, -0.15) is 0 Å². The predicted molar refractivity (Wildman–Crippen MR) is 125 cm³/mol. The molecule has 0 bridgehead atoms. The monoisotopic (exact) mass is 452 g/mol. The van der Waals surface area contributed by atoms with Crippen molar-refractivity contribution in [2.75, 3.05) is 18.5 Å². The van der Waals surface area contributed by atoms with Gasteiger partial charge in [-0.1, -0.05) is 31.2 Å². The Morgan fingerprint density at radius 2 is 1.91 bits per heavy atom. The largest absolute Gasteiger partial charge is 0.462 e. The number of nitrogens with zero attached hydrogens (tertiary/aromatic N) is 1. The van der Waals surface area contributed by atoms with Crippen molar-refractivity contribution >= 4 is 51.2 Å². The summed E-state index contributed by atoms with van der Waals surface area (Å²) in [6.07, 6.45) is 5.17. The van der Waals surface area contributed by atoms with Gasteiger partial charge in [-0.25, -0.2) is 9.59 Å². The van der Waals surface area contributed by atoms with Crippen molar-refractivity contribution in [3.05, 3.63) is 64.2 Å². The maximum absolute atomic E-state index is 12.4. The van der Waals surface area contributed by atoms with E-state index in [2.05, 4.69) is 10.3 Å². The molecule has 0 aliphatic carbocycles. The van der Waals surface area contributed by atoms with Crippen LogP contribution in [0.2, 0.25) is 0 Å². The number of pyridine rings is 1. The zero-order chi connectivity index (χ0) is 23.1. The molecular formula is C24H24N2O5S. The van der Waals surface area contributed by atoms with Crippen LogP contribution in [0.4, 0.5) is 5.00 Å². The molecule has 1 amide bonds. The molecule has 0 aliphatic heterocycles. The number of rotatable bonds is 8. The van der Waals surface area contributed by atoms with E-state index in [4.69, 9.17) is 9.47 Å². The minimum Gasteiger partial charge on any atom is -0.462 e. The third kappa shape index (κ3) is 5.39. The summed E-state index contributed by atoms with van der Waals surface area (Å²) in [6, 6.07) is 9.42. The normalized spacial score (nSPS) is 11.0. The Bertz CT molecular complexity index is 1180. The number of anilines is 1. The molecule has 7 nitrogen and oxygen atoms in total. The molecule has 8 heteroatoms. The van der Waals surface area contributed by atoms with Crippen molar-refractivity contribution in [2.45, 2.75) is 27.2 Å². The van der Waals surface area contributed by atoms with Gasteiger partial charge in [-0.15, -0.1) is 11.3 Å². The molecule has 0 saturated carbocycles. The van der Waals surface area contributed by atoms with E-state index in [9.17, 15) is 14.4 Å². The van der Waals surface area contributed by atoms with Gasteiger partial charge in [0.2, 0.25) is 0 Å². The third-order valence-corrected chi connectivity index (χ3v) is 5.77. The highest BCUT2D eigenvalue weighted by Gasteiger charge is 2.23. The average Bonchev–Trinajstić information content (AvgIpc) is 3.10. The Balaban J connectivity index is 1.63. The van der Waals surface area contributed by atoms with Crippen LogP contribution in [-0.2, 0) is 25.5 Å². The number of esters is 2. The van der Waals surface area contributed by atoms with Gasteiger partial charge in [0.1, 0.15) is 5.00 Å². The number of amides is 1. The first kappa shape index (κ1) is 23.1. The number of para-hydroxylation sites is 1. The molecule has 1 aromatic carbocycles. The van der Waals surface area contributed by atoms with Crippen LogP contribution in [-0.4, -0.2) is 36.0 Å². The topological polar surface area (TPSA) is 94.6 Å². The molecule has 0 radical (unpaired) electrons. The molecule has 0 unspecified atom stereocenters. The van der Waals surface area contributed by atoms with E-state index in [0.717, 1.165) is 26.9 Å². The smallest absolute Gasteiger partial charge is 0.341 e. The number of benzene rings is 1. The number of nitrogens with one attached hydrogen (secondary N) is 1. The molecule has 2 heterocycles. The van der Waals surface area contributed by atoms with Gasteiger partial charge in [0, 0.05) is 28.1 Å². The van der Waals surface area contributed by atoms with Crippen LogP contribution in [0.15, 0.2) is 42.6 Å². The Morgan fingerprint density at radius 3 is 2.66 bits per heavy atom. The lowest BCUT2D eigenvalue weighted by Crippen LogP contribution is -2.21. The van der Waals surface area contributed by atoms with Gasteiger partial charge in [0.05, 0.1) is 17.7 Å². The molecule has 3 aromatic rings. The van der Waals surface area contributed by atoms with E-state index < -0.39 is 24.5 Å². The minimum absolute atomic E-state index is 0.237. The Kier molecular flexibility index (Phi) is 7.72. The third-order valence-electron chi connectivity index (χ3n) is 4.70. The van der Waals surface area contributed by atoms with Crippen molar-refractivity contribution < 1.29 is 23.9 Å². The second-order valence-corrected chi connectivity index (χ2v) is 8.05. The van der Waals surface area contributed by atoms with Gasteiger partial charge in [0.15, 0.2) is 6.61 Å². The van der Waals surface area contributed by atoms with Crippen LogP contribution in [0.25, 0.3) is 17.0 Å². The van der Waals surface area contributed by atoms with E-state index in [0.29, 0.717) is 17.0 Å². The highest BCUT2D eigenvalue weighted by Crippen LogP contribution is 2.34. The first-order valence-electron chi connectivity index (χ1n) is 10.2. The van der Waals surface area contributed by atoms with Crippen molar-refractivity contribution in [3.63, 3.8) is 0 Å². The minimum atomic E-state index is -0.657. The van der Waals surface area contributed by atoms with Crippen LogP contribution >= 0.6 is 11.3 Å². The Labute approximate surface area is 190 Å². The van der Waals surface area contributed by atoms with Gasteiger partial charge < -0.3 is 14.8 Å². The summed E-state index contributed by atoms with van der Waals surface area (Å²) in [7, 11) is 0. The Morgan fingerprint density at radius 1 is 1.12 bits per heavy atom. The molecule has 0 atom stereocenters. The van der Waals surface area contributed by atoms with E-state index in [1.807, 2.05) is 44.2 Å². The molecule has 3 rings (SSSR count). The van der Waals surface area contributed by atoms with E-state index in [1.165, 1.54) is 17.4 Å². The maximum atomic E-state index is 12.4. The number of carbonyl (C=O) groups excluding carboxylic acids is 3. The van der Waals surface area contributed by atoms with Crippen molar-refractivity contribution in [1.82, 2.24) is 4.98 Å². The van der Waals surface area contributed by atoms with Crippen molar-refractivity contribution in [2.24, 2.45) is 0 Å². The molecule has 0 saturated heterocycles. The first-order valence-corrected chi connectivity index (χ1v) is 11.0. The summed E-state index contributed by atoms with van der Waals surface area (Å²) in [5, 5.41) is 4.02. The number of fused-ring (bicyclic) bond motifs is 1. The van der Waals surface area contributed by atoms with Crippen LogP contribution in [0, 0.1) is 6.92 Å². The number of ether oxygens (including phenoxy) is 2. The van der Waals surface area contributed by atoms with Gasteiger partial charge >= 0.3 is 11.9 Å². The van der Waals surface area contributed by atoms with Crippen LogP contribution in [0.5, 0.6) is 0 Å². The number of thiophene rings is 1. The SMILES string of the molecule is CCOC(=O)c1c(NC(=O)COC(=O)/C=C/c2cccc3cccnc23)sc(C)c1CC. The highest BCUT2D eigenvalue weighted by atomic mass is 32.1. The fourth-order valence-electron chi connectivity index (χ4n) is 3.28. The maximum Gasteiger partial charge on any atom is 0.341 e. The number of aromatic nitrogens is 1. The lowest BCUT2D eigenvalue weighted by molar-refractivity contribution is -0.142. The van der Waals surface area contributed by atoms with E-state index in [1.54, 1.807) is 19.2 Å². The first-order chi connectivity index (χ1) is 15.4. The van der Waals surface area contributed by atoms with E-state index >= 15 is 0 Å². The second kappa shape index (κ2) is 10.7. The molecule has 0 fully saturated rings. The highest BCUT2D eigenvalue weighted by molar-refractivity contribution is 7.16. The zero-order valence-electron chi connectivity index (χ0n) is 18.1. The summed E-state index contributed by atoms with van der Waals surface area (Å²) < 4.78 is 10.2. The van der Waals surface area contributed by atoms with Crippen LogP contribution in [0.1, 0.15) is 40.2 Å². The summed E-state index contributed by atoms with van der Waals surface area (Å²) in [6.45, 7) is 5.30. The van der Waals surface area contributed by atoms with Gasteiger partial charge in [0.25, 0.3) is 5.91 Å². The molecule has 32 heavy (non-hydrogen) atoms. The van der Waals surface area contributed by atoms with Crippen LogP contribution in [0.3, 0.4) is 0 Å². The fraction of sp³-hybridized carbons (Fsp3) is 0.250. The van der Waals surface area contributed by atoms with Gasteiger partial charge in [-0.05, 0) is 38.0 Å².